The topological polar surface area (TPSA) is 64.9 Å². The number of rotatable bonds is 5. The average Bonchev–Trinajstić information content (AvgIpc) is 2.39. The lowest BCUT2D eigenvalue weighted by Gasteiger charge is -2.10. The van der Waals surface area contributed by atoms with Gasteiger partial charge in [0.05, 0.1) is 0 Å². The van der Waals surface area contributed by atoms with Crippen molar-refractivity contribution in [2.75, 3.05) is 5.32 Å². The lowest BCUT2D eigenvalue weighted by atomic mass is 10.2. The second kappa shape index (κ2) is 7.45. The summed E-state index contributed by atoms with van der Waals surface area (Å²) in [6, 6.07) is 8.94. The monoisotopic (exact) mass is 277 g/mol. The molecule has 19 heavy (non-hydrogen) atoms. The molecule has 0 spiro atoms. The highest BCUT2D eigenvalue weighted by Gasteiger charge is 2.10. The normalized spacial score (nSPS) is 12.4. The third-order valence-corrected chi connectivity index (χ3v) is 2.80. The molecule has 0 aliphatic carbocycles. The predicted molar refractivity (Wildman–Crippen MR) is 76.7 cm³/mol. The van der Waals surface area contributed by atoms with Crippen molar-refractivity contribution >= 4 is 23.2 Å². The first-order valence-electron chi connectivity index (χ1n) is 6.00. The summed E-state index contributed by atoms with van der Waals surface area (Å²) in [6.07, 6.45) is 2.19. The van der Waals surface area contributed by atoms with E-state index in [0.29, 0.717) is 5.02 Å². The van der Waals surface area contributed by atoms with Gasteiger partial charge in [-0.1, -0.05) is 24.6 Å². The molecule has 1 unspecified atom stereocenters. The Labute approximate surface area is 118 Å². The molecule has 0 radical (unpaired) electrons. The highest BCUT2D eigenvalue weighted by Crippen LogP contribution is 2.15. The van der Waals surface area contributed by atoms with E-state index >= 15 is 0 Å². The molecule has 1 amide bonds. The average molecular weight is 278 g/mol. The first-order valence-corrected chi connectivity index (χ1v) is 6.37. The molecule has 2 N–H and O–H groups in total. The fourth-order valence-corrected chi connectivity index (χ4v) is 1.48. The Morgan fingerprint density at radius 2 is 2.32 bits per heavy atom. The highest BCUT2D eigenvalue weighted by atomic mass is 35.5. The van der Waals surface area contributed by atoms with E-state index in [0.717, 1.165) is 12.1 Å². The maximum absolute atomic E-state index is 11.8. The number of hydrogen-bond donors (Lipinski definition) is 2. The van der Waals surface area contributed by atoms with Crippen LogP contribution in [-0.4, -0.2) is 11.9 Å². The minimum Gasteiger partial charge on any atom is -0.360 e. The number of nitrogens with one attached hydrogen (secondary N) is 2. The fraction of sp³-hybridized carbons (Fsp3) is 0.286. The van der Waals surface area contributed by atoms with Gasteiger partial charge in [0, 0.05) is 23.0 Å². The van der Waals surface area contributed by atoms with E-state index in [2.05, 4.69) is 10.6 Å². The zero-order valence-corrected chi connectivity index (χ0v) is 11.7. The quantitative estimate of drug-likeness (QED) is 0.642. The largest absolute Gasteiger partial charge is 0.360 e. The number of benzene rings is 1. The Hall–Kier alpha value is -1.99. The van der Waals surface area contributed by atoms with Crippen LogP contribution in [0.25, 0.3) is 0 Å². The van der Waals surface area contributed by atoms with Crippen LogP contribution in [0.4, 0.5) is 5.69 Å². The first kappa shape index (κ1) is 15.1. The number of halogens is 1. The molecule has 0 bridgehead atoms. The predicted octanol–water partition coefficient (Wildman–Crippen LogP) is 3.07. The zero-order chi connectivity index (χ0) is 14.3. The van der Waals surface area contributed by atoms with Gasteiger partial charge < -0.3 is 10.6 Å². The molecule has 0 aliphatic heterocycles. The van der Waals surface area contributed by atoms with Gasteiger partial charge in [0.2, 0.25) is 0 Å². The molecule has 5 heteroatoms. The van der Waals surface area contributed by atoms with E-state index in [9.17, 15) is 4.79 Å². The van der Waals surface area contributed by atoms with Crippen LogP contribution in [0.5, 0.6) is 0 Å². The van der Waals surface area contributed by atoms with Crippen molar-refractivity contribution in [2.24, 2.45) is 0 Å². The molecule has 4 nitrogen and oxygen atoms in total. The summed E-state index contributed by atoms with van der Waals surface area (Å²) in [4.78, 5) is 11.8. The van der Waals surface area contributed by atoms with Gasteiger partial charge in [0.25, 0.3) is 5.91 Å². The summed E-state index contributed by atoms with van der Waals surface area (Å²) in [5.74, 6) is -0.383. The van der Waals surface area contributed by atoms with Gasteiger partial charge in [-0.2, -0.15) is 5.26 Å². The van der Waals surface area contributed by atoms with Crippen molar-refractivity contribution in [2.45, 2.75) is 26.3 Å². The highest BCUT2D eigenvalue weighted by molar-refractivity contribution is 6.30. The number of anilines is 1. The van der Waals surface area contributed by atoms with Crippen LogP contribution in [0.1, 0.15) is 20.3 Å². The number of hydrogen-bond acceptors (Lipinski definition) is 3. The molecule has 0 fully saturated rings. The molecule has 1 rings (SSSR count). The van der Waals surface area contributed by atoms with Crippen LogP contribution in [0, 0.1) is 11.3 Å². The Morgan fingerprint density at radius 3 is 2.89 bits per heavy atom. The number of carbonyl (C=O) groups excluding carboxylic acids is 1. The summed E-state index contributed by atoms with van der Waals surface area (Å²) in [7, 11) is 0. The summed E-state index contributed by atoms with van der Waals surface area (Å²) < 4.78 is 0. The molecule has 1 aromatic rings. The van der Waals surface area contributed by atoms with E-state index in [-0.39, 0.29) is 17.5 Å². The number of amides is 1. The third-order valence-electron chi connectivity index (χ3n) is 2.56. The zero-order valence-electron chi connectivity index (χ0n) is 10.9. The first-order chi connectivity index (χ1) is 9.06. The van der Waals surface area contributed by atoms with E-state index in [1.165, 1.54) is 6.20 Å². The number of nitriles is 1. The second-order valence-electron chi connectivity index (χ2n) is 4.11. The Kier molecular flexibility index (Phi) is 5.91. The van der Waals surface area contributed by atoms with Gasteiger partial charge in [0.15, 0.2) is 0 Å². The van der Waals surface area contributed by atoms with Crippen molar-refractivity contribution in [1.82, 2.24) is 5.32 Å². The van der Waals surface area contributed by atoms with Crippen LogP contribution >= 0.6 is 11.6 Å². The third kappa shape index (κ3) is 5.02. The molecule has 1 atom stereocenters. The van der Waals surface area contributed by atoms with Gasteiger partial charge in [-0.3, -0.25) is 4.79 Å². The van der Waals surface area contributed by atoms with Crippen molar-refractivity contribution in [3.05, 3.63) is 41.1 Å². The minimum absolute atomic E-state index is 0.0280. The molecular weight excluding hydrogens is 262 g/mol. The molecule has 0 saturated heterocycles. The summed E-state index contributed by atoms with van der Waals surface area (Å²) in [6.45, 7) is 3.85. The molecular formula is C14H16ClN3O. The molecule has 100 valence electrons. The lowest BCUT2D eigenvalue weighted by Crippen LogP contribution is -2.33. The van der Waals surface area contributed by atoms with E-state index < -0.39 is 0 Å². The fourth-order valence-electron chi connectivity index (χ4n) is 1.29. The van der Waals surface area contributed by atoms with Crippen LogP contribution in [0.2, 0.25) is 5.02 Å². The number of nitrogens with zero attached hydrogens (tertiary/aromatic N) is 1. The van der Waals surface area contributed by atoms with E-state index in [4.69, 9.17) is 16.9 Å². The summed E-state index contributed by atoms with van der Waals surface area (Å²) in [5.41, 5.74) is 0.747. The van der Waals surface area contributed by atoms with Crippen LogP contribution in [0.15, 0.2) is 36.0 Å². The molecule has 0 saturated carbocycles. The van der Waals surface area contributed by atoms with Crippen molar-refractivity contribution in [1.29, 1.82) is 5.26 Å². The Bertz CT molecular complexity index is 520. The number of carbonyl (C=O) groups is 1. The molecule has 0 aromatic heterocycles. The second-order valence-corrected chi connectivity index (χ2v) is 4.54. The van der Waals surface area contributed by atoms with E-state index in [1.807, 2.05) is 19.9 Å². The maximum atomic E-state index is 11.8. The molecule has 0 heterocycles. The van der Waals surface area contributed by atoms with Crippen molar-refractivity contribution in [3.8, 4) is 6.07 Å². The van der Waals surface area contributed by atoms with Gasteiger partial charge >= 0.3 is 0 Å². The molecule has 1 aromatic carbocycles. The summed E-state index contributed by atoms with van der Waals surface area (Å²) in [5, 5.41) is 15.2. The Morgan fingerprint density at radius 1 is 1.58 bits per heavy atom. The smallest absolute Gasteiger partial charge is 0.263 e. The van der Waals surface area contributed by atoms with Crippen molar-refractivity contribution < 1.29 is 4.79 Å². The van der Waals surface area contributed by atoms with E-state index in [1.54, 1.807) is 24.3 Å². The summed E-state index contributed by atoms with van der Waals surface area (Å²) >= 11 is 5.84. The van der Waals surface area contributed by atoms with Gasteiger partial charge in [-0.05, 0) is 31.5 Å². The standard InChI is InChI=1S/C14H16ClN3O/c1-3-10(2)18-14(19)11(8-16)9-17-13-6-4-5-12(15)7-13/h4-7,9-10,17H,3H2,1-2H3,(H,18,19)/b11-9-. The molecule has 0 aliphatic rings. The van der Waals surface area contributed by atoms with Gasteiger partial charge in [0.1, 0.15) is 11.6 Å². The van der Waals surface area contributed by atoms with Crippen LogP contribution < -0.4 is 10.6 Å². The van der Waals surface area contributed by atoms with Gasteiger partial charge in [-0.15, -0.1) is 0 Å². The minimum atomic E-state index is -0.383. The maximum Gasteiger partial charge on any atom is 0.263 e. The Balaban J connectivity index is 2.72. The van der Waals surface area contributed by atoms with Crippen LogP contribution in [0.3, 0.4) is 0 Å². The van der Waals surface area contributed by atoms with Gasteiger partial charge in [-0.25, -0.2) is 0 Å². The SMILES string of the molecule is CCC(C)NC(=O)/C(C#N)=C\Nc1cccc(Cl)c1. The van der Waals surface area contributed by atoms with Crippen molar-refractivity contribution in [3.63, 3.8) is 0 Å². The lowest BCUT2D eigenvalue weighted by molar-refractivity contribution is -0.117. The van der Waals surface area contributed by atoms with Crippen LogP contribution in [-0.2, 0) is 4.79 Å².